The second-order valence-electron chi connectivity index (χ2n) is 6.62. The molecule has 10 nitrogen and oxygen atoms in total. The molecule has 30 heavy (non-hydrogen) atoms. The zero-order chi connectivity index (χ0) is 21.3. The molecule has 0 saturated carbocycles. The number of rotatable bonds is 4. The predicted octanol–water partition coefficient (Wildman–Crippen LogP) is 2.60. The Balaban J connectivity index is 1.50. The molecule has 0 radical (unpaired) electrons. The molecular formula is C19H16N6O4S. The molecule has 1 aliphatic heterocycles. The van der Waals surface area contributed by atoms with Crippen LogP contribution in [0.4, 0.5) is 10.8 Å². The zero-order valence-corrected chi connectivity index (χ0v) is 16.7. The van der Waals surface area contributed by atoms with Crippen LogP contribution in [-0.4, -0.2) is 43.1 Å². The van der Waals surface area contributed by atoms with Crippen molar-refractivity contribution in [3.63, 3.8) is 0 Å². The summed E-state index contributed by atoms with van der Waals surface area (Å²) in [4.78, 5) is 50.7. The first-order chi connectivity index (χ1) is 14.4. The van der Waals surface area contributed by atoms with Gasteiger partial charge < -0.3 is 4.90 Å². The smallest absolute Gasteiger partial charge is 0.277 e. The van der Waals surface area contributed by atoms with Crippen molar-refractivity contribution in [3.8, 4) is 0 Å². The monoisotopic (exact) mass is 424 g/mol. The standard InChI is InChI=1S/C19H16N6O4S/c1-11-12(3-2-4-15(11)25(28)29)18(27)24-8-5-13-16(10-24)30-19(22-13)23-17(26)14-9-20-6-7-21-14/h2-4,6-7,9H,5,8,10H2,1H3,(H,22,23,26). The molecule has 0 aliphatic carbocycles. The third-order valence-electron chi connectivity index (χ3n) is 4.77. The first-order valence-electron chi connectivity index (χ1n) is 9.03. The van der Waals surface area contributed by atoms with E-state index in [1.54, 1.807) is 17.9 Å². The summed E-state index contributed by atoms with van der Waals surface area (Å²) in [6.07, 6.45) is 4.81. The molecule has 0 fully saturated rings. The van der Waals surface area contributed by atoms with Crippen LogP contribution in [0.15, 0.2) is 36.8 Å². The molecule has 1 aliphatic rings. The van der Waals surface area contributed by atoms with E-state index in [-0.39, 0.29) is 17.3 Å². The Hall–Kier alpha value is -3.73. The minimum absolute atomic E-state index is 0.0784. The van der Waals surface area contributed by atoms with Crippen molar-refractivity contribution in [2.24, 2.45) is 0 Å². The summed E-state index contributed by atoms with van der Waals surface area (Å²) in [6.45, 7) is 2.35. The third-order valence-corrected chi connectivity index (χ3v) is 5.76. The molecule has 1 N–H and O–H groups in total. The van der Waals surface area contributed by atoms with Gasteiger partial charge in [-0.15, -0.1) is 0 Å². The molecular weight excluding hydrogens is 408 g/mol. The number of amides is 2. The van der Waals surface area contributed by atoms with Gasteiger partial charge in [-0.05, 0) is 13.0 Å². The van der Waals surface area contributed by atoms with Crippen molar-refractivity contribution < 1.29 is 14.5 Å². The highest BCUT2D eigenvalue weighted by Crippen LogP contribution is 2.30. The van der Waals surface area contributed by atoms with Crippen LogP contribution in [0.2, 0.25) is 0 Å². The zero-order valence-electron chi connectivity index (χ0n) is 15.9. The van der Waals surface area contributed by atoms with E-state index >= 15 is 0 Å². The maximum atomic E-state index is 13.0. The predicted molar refractivity (Wildman–Crippen MR) is 108 cm³/mol. The number of carbonyl (C=O) groups is 2. The summed E-state index contributed by atoms with van der Waals surface area (Å²) in [5.74, 6) is -0.672. The molecule has 4 rings (SSSR count). The van der Waals surface area contributed by atoms with Crippen LogP contribution < -0.4 is 5.32 Å². The molecule has 0 saturated heterocycles. The number of nitro groups is 1. The number of benzene rings is 1. The lowest BCUT2D eigenvalue weighted by Gasteiger charge is -2.26. The number of carbonyl (C=O) groups excluding carboxylic acids is 2. The Bertz CT molecular complexity index is 1150. The summed E-state index contributed by atoms with van der Waals surface area (Å²) < 4.78 is 0. The highest BCUT2D eigenvalue weighted by Gasteiger charge is 2.28. The van der Waals surface area contributed by atoms with Gasteiger partial charge in [0.1, 0.15) is 5.69 Å². The van der Waals surface area contributed by atoms with Gasteiger partial charge in [-0.25, -0.2) is 9.97 Å². The number of nitrogens with zero attached hydrogens (tertiary/aromatic N) is 5. The normalized spacial score (nSPS) is 12.9. The number of aromatic nitrogens is 3. The number of hydrogen-bond acceptors (Lipinski definition) is 8. The second kappa shape index (κ2) is 7.95. The SMILES string of the molecule is Cc1c(C(=O)N2CCc3nc(NC(=O)c4cnccn4)sc3C2)cccc1[N+](=O)[O-]. The van der Waals surface area contributed by atoms with E-state index in [1.165, 1.54) is 42.1 Å². The minimum atomic E-state index is -0.490. The number of hydrogen-bond donors (Lipinski definition) is 1. The molecule has 0 unspecified atom stereocenters. The van der Waals surface area contributed by atoms with E-state index < -0.39 is 10.8 Å². The fraction of sp³-hybridized carbons (Fsp3) is 0.211. The van der Waals surface area contributed by atoms with Crippen LogP contribution in [0.1, 0.15) is 37.0 Å². The van der Waals surface area contributed by atoms with E-state index in [0.29, 0.717) is 35.8 Å². The Morgan fingerprint density at radius 2 is 2.13 bits per heavy atom. The molecule has 3 heterocycles. The van der Waals surface area contributed by atoms with Gasteiger partial charge in [0.15, 0.2) is 5.13 Å². The quantitative estimate of drug-likeness (QED) is 0.503. The largest absolute Gasteiger partial charge is 0.333 e. The second-order valence-corrected chi connectivity index (χ2v) is 7.70. The molecule has 0 atom stereocenters. The summed E-state index contributed by atoms with van der Waals surface area (Å²) in [7, 11) is 0. The topological polar surface area (TPSA) is 131 Å². The van der Waals surface area contributed by atoms with Crippen LogP contribution in [0, 0.1) is 17.0 Å². The van der Waals surface area contributed by atoms with Gasteiger partial charge in [0.05, 0.1) is 23.4 Å². The van der Waals surface area contributed by atoms with Crippen molar-refractivity contribution in [1.29, 1.82) is 0 Å². The van der Waals surface area contributed by atoms with Crippen molar-refractivity contribution in [2.75, 3.05) is 11.9 Å². The van der Waals surface area contributed by atoms with Gasteiger partial charge in [-0.2, -0.15) is 0 Å². The third kappa shape index (κ3) is 3.74. The molecule has 2 amide bonds. The highest BCUT2D eigenvalue weighted by molar-refractivity contribution is 7.15. The summed E-state index contributed by atoms with van der Waals surface area (Å²) in [5.41, 5.74) is 1.59. The maximum absolute atomic E-state index is 13.0. The summed E-state index contributed by atoms with van der Waals surface area (Å²) in [6, 6.07) is 4.50. The lowest BCUT2D eigenvalue weighted by molar-refractivity contribution is -0.385. The molecule has 1 aromatic carbocycles. The van der Waals surface area contributed by atoms with E-state index in [1.807, 2.05) is 0 Å². The fourth-order valence-electron chi connectivity index (χ4n) is 3.22. The van der Waals surface area contributed by atoms with Crippen molar-refractivity contribution in [2.45, 2.75) is 19.9 Å². The summed E-state index contributed by atoms with van der Waals surface area (Å²) in [5, 5.41) is 14.3. The van der Waals surface area contributed by atoms with Crippen LogP contribution in [0.3, 0.4) is 0 Å². The van der Waals surface area contributed by atoms with E-state index in [9.17, 15) is 19.7 Å². The molecule has 152 valence electrons. The molecule has 2 aromatic heterocycles. The Kier molecular flexibility index (Phi) is 5.19. The van der Waals surface area contributed by atoms with E-state index in [2.05, 4.69) is 20.3 Å². The number of nitro benzene ring substituents is 1. The lowest BCUT2D eigenvalue weighted by Crippen LogP contribution is -2.35. The number of fused-ring (bicyclic) bond motifs is 1. The van der Waals surface area contributed by atoms with Crippen molar-refractivity contribution in [1.82, 2.24) is 19.9 Å². The van der Waals surface area contributed by atoms with Gasteiger partial charge in [0, 0.05) is 47.4 Å². The molecule has 11 heteroatoms. The van der Waals surface area contributed by atoms with Crippen molar-refractivity contribution >= 4 is 34.0 Å². The van der Waals surface area contributed by atoms with Crippen LogP contribution >= 0.6 is 11.3 Å². The first kappa shape index (κ1) is 19.6. The van der Waals surface area contributed by atoms with Gasteiger partial charge in [0.2, 0.25) is 0 Å². The van der Waals surface area contributed by atoms with Crippen LogP contribution in [0.5, 0.6) is 0 Å². The van der Waals surface area contributed by atoms with Gasteiger partial charge in [-0.1, -0.05) is 17.4 Å². The van der Waals surface area contributed by atoms with Crippen molar-refractivity contribution in [3.05, 3.63) is 74.3 Å². The molecule has 0 spiro atoms. The first-order valence-corrected chi connectivity index (χ1v) is 9.85. The molecule has 0 bridgehead atoms. The number of anilines is 1. The van der Waals surface area contributed by atoms with E-state index in [0.717, 1.165) is 10.6 Å². The number of thiazole rings is 1. The van der Waals surface area contributed by atoms with Crippen LogP contribution in [0.25, 0.3) is 0 Å². The van der Waals surface area contributed by atoms with E-state index in [4.69, 9.17) is 0 Å². The van der Waals surface area contributed by atoms with Gasteiger partial charge in [-0.3, -0.25) is 30.0 Å². The Morgan fingerprint density at radius 3 is 2.87 bits per heavy atom. The molecule has 3 aromatic rings. The minimum Gasteiger partial charge on any atom is -0.333 e. The highest BCUT2D eigenvalue weighted by atomic mass is 32.1. The number of nitrogens with one attached hydrogen (secondary N) is 1. The van der Waals surface area contributed by atoms with Crippen LogP contribution in [-0.2, 0) is 13.0 Å². The fourth-order valence-corrected chi connectivity index (χ4v) is 4.24. The Morgan fingerprint density at radius 1 is 1.30 bits per heavy atom. The lowest BCUT2D eigenvalue weighted by atomic mass is 10.0. The van der Waals surface area contributed by atoms with Gasteiger partial charge in [0.25, 0.3) is 17.5 Å². The average molecular weight is 424 g/mol. The Labute approximate surface area is 174 Å². The average Bonchev–Trinajstić information content (AvgIpc) is 3.15. The maximum Gasteiger partial charge on any atom is 0.277 e. The summed E-state index contributed by atoms with van der Waals surface area (Å²) >= 11 is 1.29. The van der Waals surface area contributed by atoms with Gasteiger partial charge >= 0.3 is 0 Å².